The highest BCUT2D eigenvalue weighted by molar-refractivity contribution is 6.30. The van der Waals surface area contributed by atoms with Crippen LogP contribution < -0.4 is 0 Å². The Labute approximate surface area is 150 Å². The molecule has 132 valence electrons. The largest absolute Gasteiger partial charge is 0.481 e. The second kappa shape index (κ2) is 6.84. The summed E-state index contributed by atoms with van der Waals surface area (Å²) in [7, 11) is 0. The summed E-state index contributed by atoms with van der Waals surface area (Å²) in [5.41, 5.74) is 0.755. The number of carbonyl (C=O) groups excluding carboxylic acids is 1. The first kappa shape index (κ1) is 17.4. The van der Waals surface area contributed by atoms with Crippen LogP contribution in [0.3, 0.4) is 0 Å². The van der Waals surface area contributed by atoms with Crippen LogP contribution in [0.1, 0.15) is 36.2 Å². The van der Waals surface area contributed by atoms with Crippen molar-refractivity contribution in [2.75, 3.05) is 6.54 Å². The van der Waals surface area contributed by atoms with E-state index in [1.165, 1.54) is 0 Å². The molecule has 2 aromatic rings. The molecule has 25 heavy (non-hydrogen) atoms. The van der Waals surface area contributed by atoms with Crippen molar-refractivity contribution < 1.29 is 14.7 Å². The van der Waals surface area contributed by atoms with Gasteiger partial charge in [-0.1, -0.05) is 18.5 Å². The number of aromatic nitrogens is 3. The van der Waals surface area contributed by atoms with Gasteiger partial charge in [-0.25, -0.2) is 9.67 Å². The van der Waals surface area contributed by atoms with Crippen molar-refractivity contribution in [2.45, 2.75) is 32.7 Å². The van der Waals surface area contributed by atoms with E-state index < -0.39 is 11.9 Å². The molecule has 0 spiro atoms. The van der Waals surface area contributed by atoms with E-state index in [1.807, 2.05) is 0 Å². The molecular weight excluding hydrogens is 344 g/mol. The monoisotopic (exact) mass is 362 g/mol. The molecule has 1 aromatic carbocycles. The van der Waals surface area contributed by atoms with Gasteiger partial charge >= 0.3 is 5.97 Å². The minimum atomic E-state index is -0.922. The summed E-state index contributed by atoms with van der Waals surface area (Å²) in [6, 6.07) is 7.15. The predicted molar refractivity (Wildman–Crippen MR) is 92.0 cm³/mol. The molecule has 0 saturated heterocycles. The van der Waals surface area contributed by atoms with Crippen LogP contribution in [0.5, 0.6) is 0 Å². The van der Waals surface area contributed by atoms with Crippen LogP contribution in [0, 0.1) is 12.8 Å². The Balaban J connectivity index is 1.85. The first-order chi connectivity index (χ1) is 11.9. The first-order valence-corrected chi connectivity index (χ1v) is 8.48. The summed E-state index contributed by atoms with van der Waals surface area (Å²) in [6.45, 7) is 3.52. The summed E-state index contributed by atoms with van der Waals surface area (Å²) in [5.74, 6) is -1.23. The zero-order valence-corrected chi connectivity index (χ0v) is 14.8. The Morgan fingerprint density at radius 1 is 1.36 bits per heavy atom. The normalized spacial score (nSPS) is 15.0. The Morgan fingerprint density at radius 3 is 2.56 bits per heavy atom. The number of carboxylic acids is 1. The number of carboxylic acid groups (broad SMARTS) is 1. The summed E-state index contributed by atoms with van der Waals surface area (Å²) in [4.78, 5) is 29.8. The van der Waals surface area contributed by atoms with Gasteiger partial charge in [-0.15, -0.1) is 5.10 Å². The zero-order chi connectivity index (χ0) is 18.1. The number of aliphatic carboxylic acids is 1. The molecule has 8 heteroatoms. The third-order valence-electron chi connectivity index (χ3n) is 4.17. The van der Waals surface area contributed by atoms with Gasteiger partial charge in [0.2, 0.25) is 5.82 Å². The van der Waals surface area contributed by atoms with Crippen LogP contribution >= 0.6 is 11.6 Å². The minimum absolute atomic E-state index is 0.0805. The molecule has 1 fully saturated rings. The third kappa shape index (κ3) is 3.82. The molecule has 1 unspecified atom stereocenters. The van der Waals surface area contributed by atoms with Crippen LogP contribution in [0.25, 0.3) is 5.69 Å². The summed E-state index contributed by atoms with van der Waals surface area (Å²) < 4.78 is 1.58. The van der Waals surface area contributed by atoms with E-state index in [-0.39, 0.29) is 24.3 Å². The average molecular weight is 363 g/mol. The lowest BCUT2D eigenvalue weighted by molar-refractivity contribution is -0.141. The smallest absolute Gasteiger partial charge is 0.308 e. The fourth-order valence-corrected chi connectivity index (χ4v) is 2.72. The Morgan fingerprint density at radius 2 is 2.00 bits per heavy atom. The molecule has 0 aliphatic heterocycles. The molecule has 1 saturated carbocycles. The van der Waals surface area contributed by atoms with Crippen LogP contribution in [-0.4, -0.2) is 49.2 Å². The van der Waals surface area contributed by atoms with Gasteiger partial charge in [0.1, 0.15) is 5.82 Å². The molecule has 0 bridgehead atoms. The fraction of sp³-hybridized carbons (Fsp3) is 0.412. The SMILES string of the molecule is Cc1nc(C(=O)N(CC(C)C(=O)O)C2CC2)nn1-c1ccc(Cl)cc1. The van der Waals surface area contributed by atoms with Crippen molar-refractivity contribution in [3.8, 4) is 5.69 Å². The number of hydrogen-bond donors (Lipinski definition) is 1. The van der Waals surface area contributed by atoms with Crippen molar-refractivity contribution in [2.24, 2.45) is 5.92 Å². The van der Waals surface area contributed by atoms with Crippen molar-refractivity contribution in [1.82, 2.24) is 19.7 Å². The van der Waals surface area contributed by atoms with Gasteiger partial charge in [0.05, 0.1) is 11.6 Å². The zero-order valence-electron chi connectivity index (χ0n) is 14.0. The summed E-state index contributed by atoms with van der Waals surface area (Å²) >= 11 is 5.90. The second-order valence-corrected chi connectivity index (χ2v) is 6.74. The van der Waals surface area contributed by atoms with Crippen molar-refractivity contribution in [3.63, 3.8) is 0 Å². The average Bonchev–Trinajstić information content (AvgIpc) is 3.34. The predicted octanol–water partition coefficient (Wildman–Crippen LogP) is 2.55. The van der Waals surface area contributed by atoms with Gasteiger partial charge in [-0.05, 0) is 44.0 Å². The second-order valence-electron chi connectivity index (χ2n) is 6.30. The van der Waals surface area contributed by atoms with Gasteiger partial charge in [-0.2, -0.15) is 0 Å². The van der Waals surface area contributed by atoms with E-state index in [0.717, 1.165) is 18.5 Å². The lowest BCUT2D eigenvalue weighted by Gasteiger charge is -2.22. The quantitative estimate of drug-likeness (QED) is 0.853. The maximum atomic E-state index is 12.8. The van der Waals surface area contributed by atoms with Crippen molar-refractivity contribution in [1.29, 1.82) is 0 Å². The fourth-order valence-electron chi connectivity index (χ4n) is 2.59. The molecular formula is C17H19ClN4O3. The molecule has 3 rings (SSSR count). The van der Waals surface area contributed by atoms with E-state index in [0.29, 0.717) is 10.8 Å². The summed E-state index contributed by atoms with van der Waals surface area (Å²) in [5, 5.41) is 14.0. The van der Waals surface area contributed by atoms with Gasteiger partial charge in [0, 0.05) is 17.6 Å². The maximum Gasteiger partial charge on any atom is 0.308 e. The lowest BCUT2D eigenvalue weighted by Crippen LogP contribution is -2.39. The molecule has 1 aromatic heterocycles. The Bertz CT molecular complexity index is 799. The summed E-state index contributed by atoms with van der Waals surface area (Å²) in [6.07, 6.45) is 1.77. The van der Waals surface area contributed by atoms with Gasteiger partial charge in [-0.3, -0.25) is 9.59 Å². The highest BCUT2D eigenvalue weighted by Gasteiger charge is 2.36. The minimum Gasteiger partial charge on any atom is -0.481 e. The van der Waals surface area contributed by atoms with E-state index in [9.17, 15) is 9.59 Å². The molecule has 1 heterocycles. The van der Waals surface area contributed by atoms with Crippen molar-refractivity contribution >= 4 is 23.5 Å². The highest BCUT2D eigenvalue weighted by Crippen LogP contribution is 2.29. The number of amides is 1. The molecule has 1 aliphatic rings. The van der Waals surface area contributed by atoms with E-state index in [2.05, 4.69) is 10.1 Å². The Hall–Kier alpha value is -2.41. The van der Waals surface area contributed by atoms with E-state index in [1.54, 1.807) is 47.7 Å². The number of hydrogen-bond acceptors (Lipinski definition) is 4. The van der Waals surface area contributed by atoms with Gasteiger partial charge < -0.3 is 10.0 Å². The molecule has 0 radical (unpaired) electrons. The molecule has 1 amide bonds. The standard InChI is InChI=1S/C17H19ClN4O3/c1-10(17(24)25)9-21(13-7-8-13)16(23)15-19-11(2)22(20-15)14-5-3-12(18)4-6-14/h3-6,10,13H,7-9H2,1-2H3,(H,24,25). The number of benzene rings is 1. The molecule has 1 aliphatic carbocycles. The van der Waals surface area contributed by atoms with Crippen LogP contribution in [0.2, 0.25) is 5.02 Å². The molecule has 7 nitrogen and oxygen atoms in total. The first-order valence-electron chi connectivity index (χ1n) is 8.10. The lowest BCUT2D eigenvalue weighted by atomic mass is 10.1. The third-order valence-corrected chi connectivity index (χ3v) is 4.42. The number of nitrogens with zero attached hydrogens (tertiary/aromatic N) is 4. The van der Waals surface area contributed by atoms with Crippen LogP contribution in [0.4, 0.5) is 0 Å². The van der Waals surface area contributed by atoms with Crippen LogP contribution in [0.15, 0.2) is 24.3 Å². The highest BCUT2D eigenvalue weighted by atomic mass is 35.5. The number of carbonyl (C=O) groups is 2. The Kier molecular flexibility index (Phi) is 4.76. The van der Waals surface area contributed by atoms with Crippen LogP contribution in [-0.2, 0) is 4.79 Å². The van der Waals surface area contributed by atoms with E-state index >= 15 is 0 Å². The maximum absolute atomic E-state index is 12.8. The number of rotatable bonds is 6. The topological polar surface area (TPSA) is 88.3 Å². The van der Waals surface area contributed by atoms with Gasteiger partial charge in [0.15, 0.2) is 0 Å². The molecule has 1 N–H and O–H groups in total. The number of aryl methyl sites for hydroxylation is 1. The molecule has 1 atom stereocenters. The number of halogens is 1. The van der Waals surface area contributed by atoms with E-state index in [4.69, 9.17) is 16.7 Å². The van der Waals surface area contributed by atoms with Crippen molar-refractivity contribution in [3.05, 3.63) is 40.9 Å². The van der Waals surface area contributed by atoms with Gasteiger partial charge in [0.25, 0.3) is 5.91 Å².